The lowest BCUT2D eigenvalue weighted by molar-refractivity contribution is -0.144. The lowest BCUT2D eigenvalue weighted by atomic mass is 10.2. The molecule has 0 aliphatic rings. The molecule has 0 saturated carbocycles. The molecule has 0 aliphatic carbocycles. The van der Waals surface area contributed by atoms with Gasteiger partial charge < -0.3 is 9.73 Å². The Bertz CT molecular complexity index is 399. The summed E-state index contributed by atoms with van der Waals surface area (Å²) in [6.45, 7) is 5.71. The lowest BCUT2D eigenvalue weighted by Crippen LogP contribution is -2.30. The van der Waals surface area contributed by atoms with Crippen LogP contribution < -0.4 is 5.32 Å². The van der Waals surface area contributed by atoms with Gasteiger partial charge in [-0.05, 0) is 20.0 Å². The minimum atomic E-state index is -4.17. The van der Waals surface area contributed by atoms with Crippen LogP contribution in [0.2, 0.25) is 0 Å². The molecule has 0 saturated heterocycles. The Morgan fingerprint density at radius 1 is 1.37 bits per heavy atom. The monoisotopic (exact) mass is 278 g/mol. The molecule has 0 amide bonds. The first-order chi connectivity index (χ1) is 8.67. The normalized spacial score (nSPS) is 12.7. The van der Waals surface area contributed by atoms with E-state index < -0.39 is 12.7 Å². The van der Waals surface area contributed by atoms with Crippen molar-refractivity contribution < 1.29 is 17.6 Å². The van der Waals surface area contributed by atoms with Gasteiger partial charge in [-0.25, -0.2) is 0 Å². The molecule has 3 nitrogen and oxygen atoms in total. The zero-order valence-electron chi connectivity index (χ0n) is 11.8. The molecule has 0 unspecified atom stereocenters. The molecule has 110 valence electrons. The highest BCUT2D eigenvalue weighted by molar-refractivity contribution is 5.20. The van der Waals surface area contributed by atoms with Crippen molar-refractivity contribution in [2.75, 3.05) is 13.6 Å². The van der Waals surface area contributed by atoms with Gasteiger partial charge in [-0.3, -0.25) is 4.90 Å². The van der Waals surface area contributed by atoms with Gasteiger partial charge in [-0.15, -0.1) is 0 Å². The fraction of sp³-hybridized carbons (Fsp3) is 0.692. The first-order valence-electron chi connectivity index (χ1n) is 6.24. The van der Waals surface area contributed by atoms with Gasteiger partial charge in [0, 0.05) is 18.2 Å². The van der Waals surface area contributed by atoms with E-state index in [-0.39, 0.29) is 6.54 Å². The van der Waals surface area contributed by atoms with Crippen LogP contribution in [0, 0.1) is 6.92 Å². The van der Waals surface area contributed by atoms with E-state index in [9.17, 15) is 13.2 Å². The van der Waals surface area contributed by atoms with Gasteiger partial charge in [0.05, 0.1) is 13.1 Å². The molecule has 0 fully saturated rings. The molecule has 0 bridgehead atoms. The van der Waals surface area contributed by atoms with Crippen LogP contribution in [0.15, 0.2) is 10.5 Å². The molecular formula is C13H21F3N2O. The van der Waals surface area contributed by atoms with Crippen molar-refractivity contribution in [2.45, 2.75) is 46.1 Å². The third kappa shape index (κ3) is 6.11. The van der Waals surface area contributed by atoms with E-state index in [1.807, 2.05) is 19.9 Å². The minimum Gasteiger partial charge on any atom is -0.465 e. The maximum absolute atomic E-state index is 12.2. The Morgan fingerprint density at radius 2 is 2.00 bits per heavy atom. The molecule has 19 heavy (non-hydrogen) atoms. The fourth-order valence-electron chi connectivity index (χ4n) is 1.79. The molecule has 1 heterocycles. The smallest absolute Gasteiger partial charge is 0.401 e. The van der Waals surface area contributed by atoms with Crippen molar-refractivity contribution in [1.29, 1.82) is 0 Å². The van der Waals surface area contributed by atoms with E-state index in [1.165, 1.54) is 11.9 Å². The summed E-state index contributed by atoms with van der Waals surface area (Å²) >= 11 is 0. The van der Waals surface area contributed by atoms with Gasteiger partial charge in [-0.2, -0.15) is 13.2 Å². The van der Waals surface area contributed by atoms with Crippen molar-refractivity contribution in [1.82, 2.24) is 10.2 Å². The largest absolute Gasteiger partial charge is 0.465 e. The summed E-state index contributed by atoms with van der Waals surface area (Å²) in [5.74, 6) is 1.43. The van der Waals surface area contributed by atoms with Crippen molar-refractivity contribution in [3.63, 3.8) is 0 Å². The summed E-state index contributed by atoms with van der Waals surface area (Å²) in [4.78, 5) is 1.23. The van der Waals surface area contributed by atoms with Crippen molar-refractivity contribution in [3.8, 4) is 0 Å². The summed E-state index contributed by atoms with van der Waals surface area (Å²) < 4.78 is 42.3. The number of nitrogens with zero attached hydrogens (tertiary/aromatic N) is 1. The van der Waals surface area contributed by atoms with E-state index in [1.54, 1.807) is 6.92 Å². The molecule has 1 aromatic rings. The van der Waals surface area contributed by atoms with Crippen LogP contribution in [-0.2, 0) is 13.1 Å². The van der Waals surface area contributed by atoms with E-state index in [0.717, 1.165) is 11.3 Å². The number of alkyl halides is 3. The number of aryl methyl sites for hydroxylation is 1. The van der Waals surface area contributed by atoms with Crippen LogP contribution in [0.1, 0.15) is 30.9 Å². The second-order valence-corrected chi connectivity index (χ2v) is 5.12. The maximum Gasteiger partial charge on any atom is 0.401 e. The molecule has 0 aliphatic heterocycles. The number of nitrogens with one attached hydrogen (secondary N) is 1. The van der Waals surface area contributed by atoms with Gasteiger partial charge in [0.25, 0.3) is 0 Å². The summed E-state index contributed by atoms with van der Waals surface area (Å²) in [7, 11) is 1.45. The summed E-state index contributed by atoms with van der Waals surface area (Å²) in [5.41, 5.74) is 0.798. The van der Waals surface area contributed by atoms with Crippen molar-refractivity contribution in [3.05, 3.63) is 23.2 Å². The Labute approximate surface area is 111 Å². The molecule has 6 heteroatoms. The first-order valence-corrected chi connectivity index (χ1v) is 6.24. The molecule has 0 atom stereocenters. The number of hydrogen-bond donors (Lipinski definition) is 1. The van der Waals surface area contributed by atoms with E-state index in [0.29, 0.717) is 18.3 Å². The number of halogens is 3. The molecule has 0 radical (unpaired) electrons. The molecular weight excluding hydrogens is 257 g/mol. The van der Waals surface area contributed by atoms with Gasteiger partial charge in [0.2, 0.25) is 0 Å². The summed E-state index contributed by atoms with van der Waals surface area (Å²) in [5, 5.41) is 3.21. The predicted molar refractivity (Wildman–Crippen MR) is 67.8 cm³/mol. The average molecular weight is 278 g/mol. The van der Waals surface area contributed by atoms with Crippen LogP contribution in [-0.4, -0.2) is 30.7 Å². The van der Waals surface area contributed by atoms with Crippen molar-refractivity contribution in [2.24, 2.45) is 0 Å². The number of rotatable bonds is 6. The Morgan fingerprint density at radius 3 is 2.53 bits per heavy atom. The van der Waals surface area contributed by atoms with Gasteiger partial charge in [-0.1, -0.05) is 13.8 Å². The Kier molecular flexibility index (Phi) is 5.43. The number of hydrogen-bond acceptors (Lipinski definition) is 3. The van der Waals surface area contributed by atoms with Crippen LogP contribution in [0.4, 0.5) is 13.2 Å². The average Bonchev–Trinajstić information content (AvgIpc) is 2.54. The van der Waals surface area contributed by atoms with E-state index >= 15 is 0 Å². The fourth-order valence-corrected chi connectivity index (χ4v) is 1.79. The first kappa shape index (κ1) is 16.0. The maximum atomic E-state index is 12.2. The second-order valence-electron chi connectivity index (χ2n) is 5.12. The Balaban J connectivity index is 2.59. The second kappa shape index (κ2) is 6.43. The van der Waals surface area contributed by atoms with Crippen LogP contribution in [0.3, 0.4) is 0 Å². The highest BCUT2D eigenvalue weighted by Gasteiger charge is 2.29. The van der Waals surface area contributed by atoms with Gasteiger partial charge in [0.15, 0.2) is 0 Å². The van der Waals surface area contributed by atoms with Crippen molar-refractivity contribution >= 4 is 0 Å². The van der Waals surface area contributed by atoms with Gasteiger partial charge in [0.1, 0.15) is 11.5 Å². The van der Waals surface area contributed by atoms with Crippen LogP contribution in [0.5, 0.6) is 0 Å². The van der Waals surface area contributed by atoms with E-state index in [2.05, 4.69) is 5.32 Å². The Hall–Kier alpha value is -1.01. The molecule has 1 rings (SSSR count). The lowest BCUT2D eigenvalue weighted by Gasteiger charge is -2.17. The molecule has 1 N–H and O–H groups in total. The topological polar surface area (TPSA) is 28.4 Å². The predicted octanol–water partition coefficient (Wildman–Crippen LogP) is 3.08. The molecule has 0 aromatic carbocycles. The zero-order chi connectivity index (χ0) is 14.6. The summed E-state index contributed by atoms with van der Waals surface area (Å²) in [6, 6.07) is 2.15. The van der Waals surface area contributed by atoms with E-state index in [4.69, 9.17) is 4.42 Å². The minimum absolute atomic E-state index is 0.233. The highest BCUT2D eigenvalue weighted by Crippen LogP contribution is 2.20. The molecule has 1 aromatic heterocycles. The van der Waals surface area contributed by atoms with Gasteiger partial charge >= 0.3 is 6.18 Å². The number of furan rings is 1. The quantitative estimate of drug-likeness (QED) is 0.867. The molecule has 0 spiro atoms. The van der Waals surface area contributed by atoms with Crippen LogP contribution in [0.25, 0.3) is 0 Å². The third-order valence-corrected chi connectivity index (χ3v) is 2.65. The van der Waals surface area contributed by atoms with Crippen LogP contribution >= 0.6 is 0 Å². The zero-order valence-corrected chi connectivity index (χ0v) is 11.8. The highest BCUT2D eigenvalue weighted by atomic mass is 19.4. The third-order valence-electron chi connectivity index (χ3n) is 2.65. The summed E-state index contributed by atoms with van der Waals surface area (Å²) in [6.07, 6.45) is -4.17. The standard InChI is InChI=1S/C13H21F3N2O/c1-9(2)17-6-12-5-11(10(3)19-12)7-18(4)8-13(14,15)16/h5,9,17H,6-8H2,1-4H3. The SMILES string of the molecule is Cc1oc(CNC(C)C)cc1CN(C)CC(F)(F)F.